The van der Waals surface area contributed by atoms with Crippen LogP contribution < -0.4 is 4.74 Å². The Morgan fingerprint density at radius 3 is 2.48 bits per heavy atom. The third-order valence-electron chi connectivity index (χ3n) is 11.5. The Morgan fingerprint density at radius 1 is 0.962 bits per heavy atom. The van der Waals surface area contributed by atoms with E-state index in [1.54, 1.807) is 4.90 Å². The maximum Gasteiger partial charge on any atom is 0.411 e. The molecule has 11 nitrogen and oxygen atoms in total. The SMILES string of the molecule is C[C@H]1CC[C@@H](c2nc3c(ccc4cc5c(cc43)OCc3cc(-c4cnc([C@@]6(C(C)(C)C)CC[C@H](C)N6C(=O)O)[nH]4)ccc3-5)[nH]2)N1C(=O)OC(C)(C)C. The minimum atomic E-state index is -0.920. The second-order valence-corrected chi connectivity index (χ2v) is 16.9. The molecule has 0 aliphatic carbocycles. The van der Waals surface area contributed by atoms with E-state index in [9.17, 15) is 14.7 Å². The summed E-state index contributed by atoms with van der Waals surface area (Å²) in [6.07, 6.45) is 3.77. The maximum absolute atomic E-state index is 13.2. The molecule has 5 aromatic rings. The maximum atomic E-state index is 13.2. The van der Waals surface area contributed by atoms with Crippen LogP contribution in [0.4, 0.5) is 9.59 Å². The molecular weight excluding hydrogens is 656 g/mol. The molecular formula is C41H48N6O5. The molecule has 11 heteroatoms. The Bertz CT molecular complexity index is 2240. The van der Waals surface area contributed by atoms with Crippen molar-refractivity contribution >= 4 is 34.0 Å². The highest BCUT2D eigenvalue weighted by molar-refractivity contribution is 6.07. The number of carbonyl (C=O) groups is 2. The van der Waals surface area contributed by atoms with Gasteiger partial charge in [-0.1, -0.05) is 39.0 Å². The van der Waals surface area contributed by atoms with Crippen molar-refractivity contribution in [3.05, 3.63) is 65.9 Å². The first kappa shape index (κ1) is 34.0. The predicted molar refractivity (Wildman–Crippen MR) is 200 cm³/mol. The number of likely N-dealkylation sites (tertiary alicyclic amines) is 2. The zero-order chi connectivity index (χ0) is 36.9. The topological polar surface area (TPSA) is 137 Å². The smallest absolute Gasteiger partial charge is 0.411 e. The van der Waals surface area contributed by atoms with Crippen LogP contribution in [0.3, 0.4) is 0 Å². The van der Waals surface area contributed by atoms with Gasteiger partial charge in [0.1, 0.15) is 35.1 Å². The van der Waals surface area contributed by atoms with E-state index >= 15 is 0 Å². The van der Waals surface area contributed by atoms with E-state index in [2.05, 4.69) is 80.1 Å². The summed E-state index contributed by atoms with van der Waals surface area (Å²) in [5, 5.41) is 12.3. The molecule has 0 spiro atoms. The average Bonchev–Trinajstić information content (AvgIpc) is 3.87. The van der Waals surface area contributed by atoms with E-state index in [4.69, 9.17) is 19.4 Å². The third-order valence-corrected chi connectivity index (χ3v) is 11.5. The fraction of sp³-hybridized carbons (Fsp3) is 0.463. The van der Waals surface area contributed by atoms with Gasteiger partial charge in [-0.3, -0.25) is 9.80 Å². The summed E-state index contributed by atoms with van der Waals surface area (Å²) >= 11 is 0. The lowest BCUT2D eigenvalue weighted by Crippen LogP contribution is -2.55. The average molecular weight is 705 g/mol. The van der Waals surface area contributed by atoms with Gasteiger partial charge >= 0.3 is 12.2 Å². The quantitative estimate of drug-likeness (QED) is 0.170. The van der Waals surface area contributed by atoms with Crippen molar-refractivity contribution in [2.24, 2.45) is 5.41 Å². The molecule has 0 unspecified atom stereocenters. The highest BCUT2D eigenvalue weighted by atomic mass is 16.6. The molecule has 0 bridgehead atoms. The summed E-state index contributed by atoms with van der Waals surface area (Å²) in [5.74, 6) is 2.25. The summed E-state index contributed by atoms with van der Waals surface area (Å²) < 4.78 is 12.2. The van der Waals surface area contributed by atoms with E-state index in [0.717, 1.165) is 80.6 Å². The summed E-state index contributed by atoms with van der Waals surface area (Å²) in [4.78, 5) is 46.1. The van der Waals surface area contributed by atoms with Gasteiger partial charge in [0.05, 0.1) is 29.0 Å². The second kappa shape index (κ2) is 11.7. The molecule has 3 aliphatic rings. The van der Waals surface area contributed by atoms with E-state index in [1.807, 2.05) is 38.8 Å². The van der Waals surface area contributed by atoms with E-state index in [0.29, 0.717) is 18.9 Å². The highest BCUT2D eigenvalue weighted by Crippen LogP contribution is 2.53. The number of hydrogen-bond donors (Lipinski definition) is 3. The van der Waals surface area contributed by atoms with Crippen LogP contribution >= 0.6 is 0 Å². The summed E-state index contributed by atoms with van der Waals surface area (Å²) in [5.41, 5.74) is 5.05. The number of ether oxygens (including phenoxy) is 2. The fourth-order valence-corrected chi connectivity index (χ4v) is 8.90. The van der Waals surface area contributed by atoms with Gasteiger partial charge in [-0.25, -0.2) is 19.6 Å². The predicted octanol–water partition coefficient (Wildman–Crippen LogP) is 9.53. The lowest BCUT2D eigenvalue weighted by atomic mass is 9.71. The van der Waals surface area contributed by atoms with Gasteiger partial charge in [-0.05, 0) is 112 Å². The summed E-state index contributed by atoms with van der Waals surface area (Å²) in [6.45, 7) is 16.4. The molecule has 2 aromatic heterocycles. The molecule has 0 saturated carbocycles. The van der Waals surface area contributed by atoms with Crippen molar-refractivity contribution in [1.29, 1.82) is 0 Å². The highest BCUT2D eigenvalue weighted by Gasteiger charge is 2.57. The molecule has 3 aliphatic heterocycles. The molecule has 3 aromatic carbocycles. The number of fused-ring (bicyclic) bond motifs is 6. The van der Waals surface area contributed by atoms with Gasteiger partial charge in [-0.2, -0.15) is 0 Å². The van der Waals surface area contributed by atoms with Crippen molar-refractivity contribution < 1.29 is 24.2 Å². The number of hydrogen-bond acceptors (Lipinski definition) is 6. The van der Waals surface area contributed by atoms with Crippen molar-refractivity contribution in [1.82, 2.24) is 29.7 Å². The molecule has 8 rings (SSSR count). The molecule has 5 heterocycles. The zero-order valence-electron chi connectivity index (χ0n) is 31.3. The summed E-state index contributed by atoms with van der Waals surface area (Å²) in [6, 6.07) is 14.5. The van der Waals surface area contributed by atoms with Gasteiger partial charge in [-0.15, -0.1) is 0 Å². The molecule has 4 atom stereocenters. The number of carbonyl (C=O) groups excluding carboxylic acids is 1. The van der Waals surface area contributed by atoms with E-state index in [-0.39, 0.29) is 29.6 Å². The standard InChI is InChI=1S/C41H48N6O5/c1-22-9-14-32(46(22)38(50)52-40(6,7)8)35-43-30-13-11-24-18-29-27-12-10-25(17-26(27)21-51-33(29)19-28(24)34(30)45-35)31-20-42-36(44-31)41(39(3,4)5)16-15-23(2)47(41)37(48)49/h10-13,17-20,22-23,32H,9,14-16,21H2,1-8H3,(H,42,44)(H,43,45)(H,48,49)/t22-,23-,32-,41+/m0/s1. The Kier molecular flexibility index (Phi) is 7.68. The van der Waals surface area contributed by atoms with Crippen molar-refractivity contribution in [3.63, 3.8) is 0 Å². The largest absolute Gasteiger partial charge is 0.488 e. The van der Waals surface area contributed by atoms with Gasteiger partial charge < -0.3 is 24.5 Å². The second-order valence-electron chi connectivity index (χ2n) is 16.9. The van der Waals surface area contributed by atoms with Crippen molar-refractivity contribution in [3.8, 4) is 28.1 Å². The van der Waals surface area contributed by atoms with Crippen LogP contribution in [0.1, 0.15) is 104 Å². The number of aromatic amines is 2. The number of nitrogens with one attached hydrogen (secondary N) is 2. The normalized spacial score (nSPS) is 23.2. The van der Waals surface area contributed by atoms with Crippen LogP contribution in [-0.2, 0) is 16.9 Å². The van der Waals surface area contributed by atoms with Crippen LogP contribution in [0.25, 0.3) is 44.2 Å². The first-order valence-corrected chi connectivity index (χ1v) is 18.4. The van der Waals surface area contributed by atoms with Crippen molar-refractivity contribution in [2.45, 2.75) is 117 Å². The Balaban J connectivity index is 1.11. The lowest BCUT2D eigenvalue weighted by Gasteiger charge is -2.46. The number of nitrogens with zero attached hydrogens (tertiary/aromatic N) is 4. The van der Waals surface area contributed by atoms with Crippen LogP contribution in [0, 0.1) is 5.41 Å². The monoisotopic (exact) mass is 704 g/mol. The molecule has 52 heavy (non-hydrogen) atoms. The number of carboxylic acid groups (broad SMARTS) is 1. The molecule has 2 saturated heterocycles. The summed E-state index contributed by atoms with van der Waals surface area (Å²) in [7, 11) is 0. The minimum Gasteiger partial charge on any atom is -0.488 e. The zero-order valence-corrected chi connectivity index (χ0v) is 31.3. The molecule has 2 fully saturated rings. The molecule has 3 N–H and O–H groups in total. The number of rotatable bonds is 3. The van der Waals surface area contributed by atoms with Crippen LogP contribution in [-0.4, -0.2) is 64.7 Å². The first-order chi connectivity index (χ1) is 24.6. The fourth-order valence-electron chi connectivity index (χ4n) is 8.90. The first-order valence-electron chi connectivity index (χ1n) is 18.4. The number of H-pyrrole nitrogens is 2. The van der Waals surface area contributed by atoms with Gasteiger partial charge in [0.15, 0.2) is 0 Å². The number of imidazole rings is 2. The van der Waals surface area contributed by atoms with Gasteiger partial charge in [0.2, 0.25) is 0 Å². The third kappa shape index (κ3) is 5.30. The van der Waals surface area contributed by atoms with Crippen LogP contribution in [0.5, 0.6) is 5.75 Å². The molecule has 2 amide bonds. The molecule has 0 radical (unpaired) electrons. The Labute approximate surface area is 303 Å². The Morgan fingerprint density at radius 2 is 1.75 bits per heavy atom. The lowest BCUT2D eigenvalue weighted by molar-refractivity contribution is 0.00743. The number of amides is 2. The van der Waals surface area contributed by atoms with Crippen LogP contribution in [0.2, 0.25) is 0 Å². The number of aromatic nitrogens is 4. The minimum absolute atomic E-state index is 0.0552. The molecule has 272 valence electrons. The Hall–Kier alpha value is -5.06. The van der Waals surface area contributed by atoms with E-state index < -0.39 is 17.2 Å². The van der Waals surface area contributed by atoms with Crippen molar-refractivity contribution in [2.75, 3.05) is 0 Å². The van der Waals surface area contributed by atoms with Gasteiger partial charge in [0, 0.05) is 23.0 Å². The number of benzene rings is 3. The van der Waals surface area contributed by atoms with Gasteiger partial charge in [0.25, 0.3) is 0 Å². The van der Waals surface area contributed by atoms with E-state index in [1.165, 1.54) is 0 Å². The van der Waals surface area contributed by atoms with Crippen LogP contribution in [0.15, 0.2) is 48.7 Å².